The molecular weight excluding hydrogens is 242 g/mol. The Kier molecular flexibility index (Phi) is 3.35. The molecule has 2 fully saturated rings. The maximum absolute atomic E-state index is 5.44. The molecule has 2 heterocycles. The highest BCUT2D eigenvalue weighted by Crippen LogP contribution is 2.38. The van der Waals surface area contributed by atoms with Gasteiger partial charge in [0.05, 0.1) is 6.04 Å². The zero-order valence-corrected chi connectivity index (χ0v) is 12.0. The standard InChI is InChI=1S/C14H23N3O2/c1-14(2,18-3)13-16-12(19-17-13)11-8-9-6-4-5-7-10(9)15-11/h9-11,15H,4-8H2,1-3H3. The molecule has 5 heteroatoms. The summed E-state index contributed by atoms with van der Waals surface area (Å²) in [5, 5.41) is 7.72. The van der Waals surface area contributed by atoms with Crippen LogP contribution >= 0.6 is 0 Å². The van der Waals surface area contributed by atoms with Crippen molar-refractivity contribution in [1.82, 2.24) is 15.5 Å². The third-order valence-electron chi connectivity index (χ3n) is 4.65. The van der Waals surface area contributed by atoms with Gasteiger partial charge in [0.2, 0.25) is 11.7 Å². The number of nitrogens with one attached hydrogen (secondary N) is 1. The second-order valence-electron chi connectivity index (χ2n) is 6.28. The van der Waals surface area contributed by atoms with Crippen molar-refractivity contribution >= 4 is 0 Å². The van der Waals surface area contributed by atoms with Gasteiger partial charge in [0.1, 0.15) is 5.60 Å². The van der Waals surface area contributed by atoms with Crippen molar-refractivity contribution < 1.29 is 9.26 Å². The maximum Gasteiger partial charge on any atom is 0.243 e. The van der Waals surface area contributed by atoms with E-state index in [1.807, 2.05) is 13.8 Å². The van der Waals surface area contributed by atoms with E-state index >= 15 is 0 Å². The zero-order valence-electron chi connectivity index (χ0n) is 12.0. The highest BCUT2D eigenvalue weighted by molar-refractivity contribution is 5.04. The summed E-state index contributed by atoms with van der Waals surface area (Å²) < 4.78 is 10.8. The molecule has 1 N–H and O–H groups in total. The molecule has 1 saturated heterocycles. The smallest absolute Gasteiger partial charge is 0.243 e. The Balaban J connectivity index is 1.73. The Morgan fingerprint density at radius 2 is 2.11 bits per heavy atom. The molecule has 0 amide bonds. The average molecular weight is 265 g/mol. The lowest BCUT2D eigenvalue weighted by Gasteiger charge is -2.24. The molecule has 5 nitrogen and oxygen atoms in total. The van der Waals surface area contributed by atoms with Crippen LogP contribution in [0.25, 0.3) is 0 Å². The van der Waals surface area contributed by atoms with Crippen molar-refractivity contribution in [2.45, 2.75) is 63.6 Å². The van der Waals surface area contributed by atoms with E-state index in [2.05, 4.69) is 15.5 Å². The van der Waals surface area contributed by atoms with Crippen LogP contribution in [0.3, 0.4) is 0 Å². The first kappa shape index (κ1) is 13.1. The Labute approximate surface area is 114 Å². The van der Waals surface area contributed by atoms with Gasteiger partial charge in [-0.25, -0.2) is 0 Å². The van der Waals surface area contributed by atoms with Gasteiger partial charge in [-0.05, 0) is 39.0 Å². The number of rotatable bonds is 3. The van der Waals surface area contributed by atoms with Gasteiger partial charge < -0.3 is 14.6 Å². The largest absolute Gasteiger partial charge is 0.371 e. The first-order valence-corrected chi connectivity index (χ1v) is 7.25. The molecule has 3 unspecified atom stereocenters. The minimum atomic E-state index is -0.493. The maximum atomic E-state index is 5.44. The van der Waals surface area contributed by atoms with Crippen LogP contribution in [0.2, 0.25) is 0 Å². The lowest BCUT2D eigenvalue weighted by atomic mass is 9.85. The topological polar surface area (TPSA) is 60.2 Å². The highest BCUT2D eigenvalue weighted by Gasteiger charge is 2.39. The molecule has 1 saturated carbocycles. The van der Waals surface area contributed by atoms with Crippen LogP contribution < -0.4 is 5.32 Å². The monoisotopic (exact) mass is 265 g/mol. The molecule has 106 valence electrons. The van der Waals surface area contributed by atoms with Crippen LogP contribution in [0, 0.1) is 5.92 Å². The minimum Gasteiger partial charge on any atom is -0.371 e. The molecule has 1 aromatic rings. The molecule has 2 aliphatic rings. The molecule has 1 aromatic heterocycles. The first-order valence-electron chi connectivity index (χ1n) is 7.25. The van der Waals surface area contributed by atoms with Gasteiger partial charge in [0, 0.05) is 13.2 Å². The lowest BCUT2D eigenvalue weighted by molar-refractivity contribution is 0.00973. The van der Waals surface area contributed by atoms with Crippen LogP contribution in [0.1, 0.15) is 63.7 Å². The van der Waals surface area contributed by atoms with Crippen LogP contribution in [0.15, 0.2) is 4.52 Å². The van der Waals surface area contributed by atoms with Gasteiger partial charge in [0.25, 0.3) is 0 Å². The molecule has 1 aliphatic carbocycles. The fourth-order valence-corrected chi connectivity index (χ4v) is 3.22. The summed E-state index contributed by atoms with van der Waals surface area (Å²) in [6.45, 7) is 3.90. The summed E-state index contributed by atoms with van der Waals surface area (Å²) in [4.78, 5) is 4.53. The average Bonchev–Trinajstić information content (AvgIpc) is 3.05. The van der Waals surface area contributed by atoms with Gasteiger partial charge in [0.15, 0.2) is 0 Å². The van der Waals surface area contributed by atoms with Crippen LogP contribution in [-0.2, 0) is 10.3 Å². The van der Waals surface area contributed by atoms with E-state index in [1.54, 1.807) is 7.11 Å². The summed E-state index contributed by atoms with van der Waals surface area (Å²) in [6.07, 6.45) is 6.44. The molecule has 0 radical (unpaired) electrons. The second kappa shape index (κ2) is 4.87. The zero-order chi connectivity index (χ0) is 13.5. The van der Waals surface area contributed by atoms with Crippen LogP contribution in [-0.4, -0.2) is 23.3 Å². The molecule has 3 atom stereocenters. The Hall–Kier alpha value is -0.940. The number of ether oxygens (including phenoxy) is 1. The van der Waals surface area contributed by atoms with Crippen molar-refractivity contribution in [2.24, 2.45) is 5.92 Å². The Bertz CT molecular complexity index is 430. The third kappa shape index (κ3) is 2.41. The number of hydrogen-bond donors (Lipinski definition) is 1. The van der Waals surface area contributed by atoms with Gasteiger partial charge in [-0.3, -0.25) is 0 Å². The number of methoxy groups -OCH3 is 1. The van der Waals surface area contributed by atoms with E-state index < -0.39 is 5.60 Å². The molecule has 0 spiro atoms. The molecular formula is C14H23N3O2. The van der Waals surface area contributed by atoms with Crippen molar-refractivity contribution in [1.29, 1.82) is 0 Å². The summed E-state index contributed by atoms with van der Waals surface area (Å²) in [6, 6.07) is 0.867. The second-order valence-corrected chi connectivity index (χ2v) is 6.28. The van der Waals surface area contributed by atoms with Crippen LogP contribution in [0.4, 0.5) is 0 Å². The van der Waals surface area contributed by atoms with Crippen LogP contribution in [0.5, 0.6) is 0 Å². The SMILES string of the molecule is COC(C)(C)c1noc(C2CC3CCCCC3N2)n1. The third-order valence-corrected chi connectivity index (χ3v) is 4.65. The van der Waals surface area contributed by atoms with Crippen molar-refractivity contribution in [3.63, 3.8) is 0 Å². The van der Waals surface area contributed by atoms with Gasteiger partial charge in [-0.1, -0.05) is 18.0 Å². The predicted molar refractivity (Wildman–Crippen MR) is 70.6 cm³/mol. The highest BCUT2D eigenvalue weighted by atomic mass is 16.5. The van der Waals surface area contributed by atoms with E-state index in [1.165, 1.54) is 25.7 Å². The normalized spacial score (nSPS) is 31.4. The van der Waals surface area contributed by atoms with E-state index in [0.717, 1.165) is 18.2 Å². The number of hydrogen-bond acceptors (Lipinski definition) is 5. The van der Waals surface area contributed by atoms with Gasteiger partial charge in [-0.15, -0.1) is 0 Å². The Morgan fingerprint density at radius 3 is 2.84 bits per heavy atom. The number of aromatic nitrogens is 2. The molecule has 1 aliphatic heterocycles. The molecule has 0 aromatic carbocycles. The van der Waals surface area contributed by atoms with Gasteiger partial charge >= 0.3 is 0 Å². The fourth-order valence-electron chi connectivity index (χ4n) is 3.22. The fraction of sp³-hybridized carbons (Fsp3) is 0.857. The number of nitrogens with zero attached hydrogens (tertiary/aromatic N) is 2. The van der Waals surface area contributed by atoms with Gasteiger partial charge in [-0.2, -0.15) is 4.98 Å². The summed E-state index contributed by atoms with van der Waals surface area (Å²) >= 11 is 0. The quantitative estimate of drug-likeness (QED) is 0.910. The number of fused-ring (bicyclic) bond motifs is 1. The summed E-state index contributed by atoms with van der Waals surface area (Å²) in [5.74, 6) is 2.13. The lowest BCUT2D eigenvalue weighted by Crippen LogP contribution is -2.30. The van der Waals surface area contributed by atoms with E-state index in [9.17, 15) is 0 Å². The predicted octanol–water partition coefficient (Wildman–Crippen LogP) is 2.54. The van der Waals surface area contributed by atoms with Crippen molar-refractivity contribution in [3.05, 3.63) is 11.7 Å². The minimum absolute atomic E-state index is 0.224. The first-order chi connectivity index (χ1) is 9.10. The van der Waals surface area contributed by atoms with Crippen molar-refractivity contribution in [3.8, 4) is 0 Å². The molecule has 3 rings (SSSR count). The summed E-state index contributed by atoms with van der Waals surface area (Å²) in [7, 11) is 1.67. The molecule has 0 bridgehead atoms. The Morgan fingerprint density at radius 1 is 1.32 bits per heavy atom. The van der Waals surface area contributed by atoms with E-state index in [0.29, 0.717) is 11.9 Å². The van der Waals surface area contributed by atoms with E-state index in [-0.39, 0.29) is 6.04 Å². The van der Waals surface area contributed by atoms with E-state index in [4.69, 9.17) is 9.26 Å². The molecule has 19 heavy (non-hydrogen) atoms. The summed E-state index contributed by atoms with van der Waals surface area (Å²) in [5.41, 5.74) is -0.493. The van der Waals surface area contributed by atoms with Crippen molar-refractivity contribution in [2.75, 3.05) is 7.11 Å².